The highest BCUT2D eigenvalue weighted by Gasteiger charge is 2.29. The van der Waals surface area contributed by atoms with Crippen LogP contribution in [0.1, 0.15) is 0 Å². The van der Waals surface area contributed by atoms with E-state index in [4.69, 9.17) is 9.15 Å². The Morgan fingerprint density at radius 1 is 0.909 bits per heavy atom. The first-order valence-corrected chi connectivity index (χ1v) is 8.14. The van der Waals surface area contributed by atoms with Gasteiger partial charge in [-0.05, 0) is 17.7 Å². The van der Waals surface area contributed by atoms with Crippen LogP contribution in [-0.2, 0) is 9.84 Å². The molecule has 0 N–H and O–H groups in total. The van der Waals surface area contributed by atoms with Crippen LogP contribution in [-0.4, -0.2) is 15.5 Å². The third-order valence-corrected chi connectivity index (χ3v) is 5.12. The number of hydrogen-bond acceptors (Lipinski definition) is 4. The Hall–Kier alpha value is -2.53. The lowest BCUT2D eigenvalue weighted by molar-refractivity contribution is 0.295. The number of hydrogen-bond donors (Lipinski definition) is 0. The minimum absolute atomic E-state index is 0.0114. The molecular formula is C17H14O4S. The summed E-state index contributed by atoms with van der Waals surface area (Å²) in [6.07, 6.45) is 1.41. The van der Waals surface area contributed by atoms with Crippen LogP contribution in [0.3, 0.4) is 0 Å². The lowest BCUT2D eigenvalue weighted by atomic mass is 10.1. The van der Waals surface area contributed by atoms with E-state index >= 15 is 0 Å². The van der Waals surface area contributed by atoms with Gasteiger partial charge in [-0.2, -0.15) is 0 Å². The molecule has 2 aromatic carbocycles. The smallest absolute Gasteiger partial charge is 0.304 e. The zero-order valence-corrected chi connectivity index (χ0v) is 12.7. The van der Waals surface area contributed by atoms with Gasteiger partial charge in [-0.25, -0.2) is 8.42 Å². The lowest BCUT2D eigenvalue weighted by Crippen LogP contribution is -2.04. The molecule has 1 aromatic heterocycles. The monoisotopic (exact) mass is 314 g/mol. The van der Waals surface area contributed by atoms with Crippen molar-refractivity contribution < 1.29 is 17.6 Å². The van der Waals surface area contributed by atoms with E-state index in [0.29, 0.717) is 5.56 Å². The fourth-order valence-corrected chi connectivity index (χ4v) is 3.82. The van der Waals surface area contributed by atoms with Crippen LogP contribution in [0.4, 0.5) is 0 Å². The van der Waals surface area contributed by atoms with Gasteiger partial charge in [0, 0.05) is 5.56 Å². The van der Waals surface area contributed by atoms with Crippen LogP contribution < -0.4 is 4.74 Å². The van der Waals surface area contributed by atoms with Gasteiger partial charge < -0.3 is 9.15 Å². The minimum atomic E-state index is -3.74. The van der Waals surface area contributed by atoms with E-state index < -0.39 is 9.84 Å². The summed E-state index contributed by atoms with van der Waals surface area (Å²) in [5.74, 6) is -0.0114. The molecule has 0 fully saturated rings. The highest BCUT2D eigenvalue weighted by Crippen LogP contribution is 2.39. The summed E-state index contributed by atoms with van der Waals surface area (Å²) in [4.78, 5) is 0.249. The van der Waals surface area contributed by atoms with Gasteiger partial charge in [-0.3, -0.25) is 0 Å². The second-order valence-electron chi connectivity index (χ2n) is 4.65. The van der Waals surface area contributed by atoms with Gasteiger partial charge >= 0.3 is 5.95 Å². The molecule has 0 saturated carbocycles. The van der Waals surface area contributed by atoms with E-state index in [-0.39, 0.29) is 15.7 Å². The van der Waals surface area contributed by atoms with Crippen molar-refractivity contribution in [2.45, 2.75) is 9.79 Å². The third-order valence-electron chi connectivity index (χ3n) is 3.31. The molecule has 0 saturated heterocycles. The van der Waals surface area contributed by atoms with Crippen LogP contribution in [0.25, 0.3) is 11.1 Å². The van der Waals surface area contributed by atoms with Gasteiger partial charge in [0.05, 0.1) is 12.0 Å². The summed E-state index contributed by atoms with van der Waals surface area (Å²) in [5, 5.41) is 0. The number of furan rings is 1. The van der Waals surface area contributed by atoms with Crippen LogP contribution in [0.5, 0.6) is 5.95 Å². The van der Waals surface area contributed by atoms with Crippen molar-refractivity contribution in [1.82, 2.24) is 0 Å². The standard InChI is InChI=1S/C17H14O4S/c1-20-17-16(22(18,19)14-10-6-3-7-11-14)15(12-21-17)13-8-4-2-5-9-13/h2-12H,1H3. The molecule has 1 heterocycles. The molecule has 0 bridgehead atoms. The SMILES string of the molecule is COc1occ(-c2ccccc2)c1S(=O)(=O)c1ccccc1. The molecule has 0 aliphatic rings. The molecule has 4 nitrogen and oxygen atoms in total. The summed E-state index contributed by atoms with van der Waals surface area (Å²) < 4.78 is 36.3. The first kappa shape index (κ1) is 14.4. The minimum Gasteiger partial charge on any atom is -0.468 e. The van der Waals surface area contributed by atoms with Crippen molar-refractivity contribution in [3.63, 3.8) is 0 Å². The molecule has 0 spiro atoms. The summed E-state index contributed by atoms with van der Waals surface area (Å²) >= 11 is 0. The Bertz CT molecular complexity index is 866. The summed E-state index contributed by atoms with van der Waals surface area (Å²) in [6.45, 7) is 0. The van der Waals surface area contributed by atoms with E-state index in [1.54, 1.807) is 30.3 Å². The molecule has 0 atom stereocenters. The normalized spacial score (nSPS) is 11.3. The molecule has 0 aliphatic heterocycles. The lowest BCUT2D eigenvalue weighted by Gasteiger charge is -2.07. The van der Waals surface area contributed by atoms with E-state index in [1.807, 2.05) is 30.3 Å². The number of sulfone groups is 1. The van der Waals surface area contributed by atoms with Crippen LogP contribution in [0.15, 0.2) is 81.1 Å². The maximum atomic E-state index is 12.9. The quantitative estimate of drug-likeness (QED) is 0.735. The van der Waals surface area contributed by atoms with Crippen molar-refractivity contribution in [3.8, 4) is 17.1 Å². The van der Waals surface area contributed by atoms with Gasteiger partial charge in [0.15, 0.2) is 4.90 Å². The number of ether oxygens (including phenoxy) is 1. The van der Waals surface area contributed by atoms with E-state index in [2.05, 4.69) is 0 Å². The summed E-state index contributed by atoms with van der Waals surface area (Å²) in [6, 6.07) is 17.4. The molecule has 0 unspecified atom stereocenters. The Balaban J connectivity index is 2.25. The average Bonchev–Trinajstić information content (AvgIpc) is 3.01. The maximum Gasteiger partial charge on any atom is 0.304 e. The van der Waals surface area contributed by atoms with Crippen LogP contribution in [0.2, 0.25) is 0 Å². The fourth-order valence-electron chi connectivity index (χ4n) is 2.26. The van der Waals surface area contributed by atoms with Crippen molar-refractivity contribution in [2.75, 3.05) is 7.11 Å². The molecule has 5 heteroatoms. The van der Waals surface area contributed by atoms with Crippen molar-refractivity contribution >= 4 is 9.84 Å². The summed E-state index contributed by atoms with van der Waals surface area (Å²) in [7, 11) is -2.35. The number of rotatable bonds is 4. The highest BCUT2D eigenvalue weighted by atomic mass is 32.2. The molecule has 3 aromatic rings. The molecule has 0 amide bonds. The number of methoxy groups -OCH3 is 1. The molecule has 0 radical (unpaired) electrons. The second kappa shape index (κ2) is 5.69. The largest absolute Gasteiger partial charge is 0.468 e. The number of benzene rings is 2. The van der Waals surface area contributed by atoms with Crippen molar-refractivity contribution in [3.05, 3.63) is 66.9 Å². The van der Waals surface area contributed by atoms with Gasteiger partial charge in [0.2, 0.25) is 9.84 Å². The summed E-state index contributed by atoms with van der Waals surface area (Å²) in [5.41, 5.74) is 1.24. The topological polar surface area (TPSA) is 56.5 Å². The Kier molecular flexibility index (Phi) is 3.73. The molecule has 0 aliphatic carbocycles. The van der Waals surface area contributed by atoms with E-state index in [9.17, 15) is 8.42 Å². The van der Waals surface area contributed by atoms with E-state index in [1.165, 1.54) is 13.4 Å². The van der Waals surface area contributed by atoms with Crippen molar-refractivity contribution in [1.29, 1.82) is 0 Å². The molecular weight excluding hydrogens is 300 g/mol. The predicted octanol–water partition coefficient (Wildman–Crippen LogP) is 3.79. The average molecular weight is 314 g/mol. The molecule has 3 rings (SSSR count). The third kappa shape index (κ3) is 2.40. The zero-order valence-electron chi connectivity index (χ0n) is 11.9. The van der Waals surface area contributed by atoms with E-state index in [0.717, 1.165) is 5.56 Å². The Labute approximate surface area is 128 Å². The first-order valence-electron chi connectivity index (χ1n) is 6.65. The zero-order chi connectivity index (χ0) is 15.6. The Morgan fingerprint density at radius 2 is 1.50 bits per heavy atom. The molecule has 112 valence electrons. The first-order chi connectivity index (χ1) is 10.6. The van der Waals surface area contributed by atoms with Crippen molar-refractivity contribution in [2.24, 2.45) is 0 Å². The second-order valence-corrected chi connectivity index (χ2v) is 6.54. The van der Waals surface area contributed by atoms with Crippen LogP contribution in [0, 0.1) is 0 Å². The molecule has 22 heavy (non-hydrogen) atoms. The predicted molar refractivity (Wildman–Crippen MR) is 82.6 cm³/mol. The van der Waals surface area contributed by atoms with Crippen LogP contribution >= 0.6 is 0 Å². The van der Waals surface area contributed by atoms with Gasteiger partial charge in [0.1, 0.15) is 6.26 Å². The fraction of sp³-hybridized carbons (Fsp3) is 0.0588. The highest BCUT2D eigenvalue weighted by molar-refractivity contribution is 7.91. The van der Waals surface area contributed by atoms with Gasteiger partial charge in [-0.1, -0.05) is 48.5 Å². The Morgan fingerprint density at radius 3 is 2.09 bits per heavy atom. The van der Waals surface area contributed by atoms with Gasteiger partial charge in [-0.15, -0.1) is 0 Å². The van der Waals surface area contributed by atoms with Gasteiger partial charge in [0.25, 0.3) is 0 Å². The maximum absolute atomic E-state index is 12.9.